The molecule has 4 heteroatoms. The molecule has 140 valence electrons. The molecule has 3 aromatic carbocycles. The standard InChI is InChI=1S/C24H22N2O2/c1-15-7-10-19(11-8-15)26-23(25-21-6-4-3-5-20(21)24(26)27)17-9-12-22-18(14-17)13-16(2)28-22/h3-12,14,16,23,25H,13H2,1-2H3. The maximum atomic E-state index is 13.4. The predicted octanol–water partition coefficient (Wildman–Crippen LogP) is 5.09. The normalized spacial score (nSPS) is 20.2. The summed E-state index contributed by atoms with van der Waals surface area (Å²) in [7, 11) is 0. The second kappa shape index (κ2) is 6.41. The summed E-state index contributed by atoms with van der Waals surface area (Å²) in [5, 5.41) is 3.57. The van der Waals surface area contributed by atoms with E-state index in [1.165, 1.54) is 11.1 Å². The fraction of sp³-hybridized carbons (Fsp3) is 0.208. The first kappa shape index (κ1) is 16.9. The van der Waals surface area contributed by atoms with Crippen molar-refractivity contribution in [2.75, 3.05) is 10.2 Å². The van der Waals surface area contributed by atoms with E-state index in [4.69, 9.17) is 4.74 Å². The Labute approximate surface area is 164 Å². The van der Waals surface area contributed by atoms with Crippen LogP contribution in [0.4, 0.5) is 11.4 Å². The molecule has 2 unspecified atom stereocenters. The van der Waals surface area contributed by atoms with E-state index >= 15 is 0 Å². The van der Waals surface area contributed by atoms with Crippen LogP contribution >= 0.6 is 0 Å². The van der Waals surface area contributed by atoms with E-state index in [1.54, 1.807) is 0 Å². The van der Waals surface area contributed by atoms with E-state index in [1.807, 2.05) is 59.5 Å². The van der Waals surface area contributed by atoms with Gasteiger partial charge in [0.2, 0.25) is 0 Å². The lowest BCUT2D eigenvalue weighted by Gasteiger charge is -2.38. The van der Waals surface area contributed by atoms with E-state index in [0.29, 0.717) is 5.56 Å². The summed E-state index contributed by atoms with van der Waals surface area (Å²) >= 11 is 0. The van der Waals surface area contributed by atoms with Crippen molar-refractivity contribution < 1.29 is 9.53 Å². The minimum atomic E-state index is -0.272. The summed E-state index contributed by atoms with van der Waals surface area (Å²) < 4.78 is 5.85. The molecule has 2 atom stereocenters. The first-order chi connectivity index (χ1) is 13.6. The zero-order valence-electron chi connectivity index (χ0n) is 16.0. The van der Waals surface area contributed by atoms with Crippen molar-refractivity contribution >= 4 is 17.3 Å². The Morgan fingerprint density at radius 1 is 1.04 bits per heavy atom. The first-order valence-corrected chi connectivity index (χ1v) is 9.65. The average Bonchev–Trinajstić information content (AvgIpc) is 3.08. The van der Waals surface area contributed by atoms with E-state index < -0.39 is 0 Å². The van der Waals surface area contributed by atoms with Gasteiger partial charge in [0.1, 0.15) is 18.0 Å². The van der Waals surface area contributed by atoms with Gasteiger partial charge in [-0.05, 0) is 61.4 Å². The SMILES string of the molecule is Cc1ccc(N2C(=O)c3ccccc3NC2c2ccc3c(c2)CC(C)O3)cc1. The molecule has 0 fully saturated rings. The van der Waals surface area contributed by atoms with Crippen molar-refractivity contribution in [1.29, 1.82) is 0 Å². The number of carbonyl (C=O) groups is 1. The van der Waals surface area contributed by atoms with Crippen LogP contribution in [0.1, 0.15) is 40.1 Å². The molecule has 0 aromatic heterocycles. The summed E-state index contributed by atoms with van der Waals surface area (Å²) in [4.78, 5) is 15.3. The number of nitrogens with one attached hydrogen (secondary N) is 1. The van der Waals surface area contributed by atoms with Gasteiger partial charge >= 0.3 is 0 Å². The molecular formula is C24H22N2O2. The first-order valence-electron chi connectivity index (χ1n) is 9.65. The van der Waals surface area contributed by atoms with Gasteiger partial charge in [-0.3, -0.25) is 9.69 Å². The number of para-hydroxylation sites is 1. The lowest BCUT2D eigenvalue weighted by atomic mass is 10.00. The predicted molar refractivity (Wildman–Crippen MR) is 111 cm³/mol. The van der Waals surface area contributed by atoms with Gasteiger partial charge in [0, 0.05) is 17.8 Å². The van der Waals surface area contributed by atoms with Gasteiger partial charge in [0.25, 0.3) is 5.91 Å². The minimum absolute atomic E-state index is 0.00770. The number of anilines is 2. The summed E-state index contributed by atoms with van der Waals surface area (Å²) in [5.41, 5.74) is 5.86. The molecule has 0 saturated heterocycles. The van der Waals surface area contributed by atoms with Gasteiger partial charge in [0.15, 0.2) is 0 Å². The number of amides is 1. The number of fused-ring (bicyclic) bond motifs is 2. The molecule has 1 N–H and O–H groups in total. The molecule has 4 nitrogen and oxygen atoms in total. The molecule has 3 aromatic rings. The van der Waals surface area contributed by atoms with Crippen LogP contribution in [0.5, 0.6) is 5.75 Å². The van der Waals surface area contributed by atoms with E-state index in [0.717, 1.165) is 29.1 Å². The Balaban J connectivity index is 1.62. The van der Waals surface area contributed by atoms with E-state index in [2.05, 4.69) is 31.3 Å². The molecule has 2 aliphatic heterocycles. The zero-order chi connectivity index (χ0) is 19.3. The summed E-state index contributed by atoms with van der Waals surface area (Å²) in [6.07, 6.45) is 0.816. The number of carbonyl (C=O) groups excluding carboxylic acids is 1. The number of rotatable bonds is 2. The quantitative estimate of drug-likeness (QED) is 0.683. The second-order valence-corrected chi connectivity index (χ2v) is 7.60. The van der Waals surface area contributed by atoms with Gasteiger partial charge in [-0.15, -0.1) is 0 Å². The number of aryl methyl sites for hydroxylation is 1. The molecule has 2 aliphatic rings. The monoisotopic (exact) mass is 370 g/mol. The van der Waals surface area contributed by atoms with Crippen molar-refractivity contribution in [3.8, 4) is 5.75 Å². The summed E-state index contributed by atoms with van der Waals surface area (Å²) in [6.45, 7) is 4.13. The Hall–Kier alpha value is -3.27. The Kier molecular flexibility index (Phi) is 3.86. The average molecular weight is 370 g/mol. The molecule has 5 rings (SSSR count). The van der Waals surface area contributed by atoms with Gasteiger partial charge in [-0.2, -0.15) is 0 Å². The molecule has 1 amide bonds. The Morgan fingerprint density at radius 3 is 2.64 bits per heavy atom. The molecule has 0 bridgehead atoms. The highest BCUT2D eigenvalue weighted by atomic mass is 16.5. The number of nitrogens with zero attached hydrogens (tertiary/aromatic N) is 1. The third kappa shape index (κ3) is 2.73. The zero-order valence-corrected chi connectivity index (χ0v) is 16.0. The highest BCUT2D eigenvalue weighted by Crippen LogP contribution is 2.39. The van der Waals surface area contributed by atoms with Gasteiger partial charge in [-0.25, -0.2) is 0 Å². The highest BCUT2D eigenvalue weighted by Gasteiger charge is 2.34. The van der Waals surface area contributed by atoms with Crippen LogP contribution in [0.15, 0.2) is 66.7 Å². The highest BCUT2D eigenvalue weighted by molar-refractivity contribution is 6.12. The smallest absolute Gasteiger partial charge is 0.262 e. The van der Waals surface area contributed by atoms with Gasteiger partial charge in [-0.1, -0.05) is 35.9 Å². The number of hydrogen-bond donors (Lipinski definition) is 1. The third-order valence-corrected chi connectivity index (χ3v) is 5.47. The van der Waals surface area contributed by atoms with Crippen molar-refractivity contribution in [2.24, 2.45) is 0 Å². The summed E-state index contributed by atoms with van der Waals surface area (Å²) in [6, 6.07) is 22.0. The van der Waals surface area contributed by atoms with Crippen molar-refractivity contribution in [1.82, 2.24) is 0 Å². The topological polar surface area (TPSA) is 41.6 Å². The van der Waals surface area contributed by atoms with Crippen LogP contribution < -0.4 is 15.0 Å². The van der Waals surface area contributed by atoms with Crippen LogP contribution in [0.2, 0.25) is 0 Å². The molecule has 0 radical (unpaired) electrons. The molecule has 2 heterocycles. The van der Waals surface area contributed by atoms with Crippen LogP contribution in [0, 0.1) is 6.92 Å². The third-order valence-electron chi connectivity index (χ3n) is 5.47. The van der Waals surface area contributed by atoms with Crippen LogP contribution in [0.25, 0.3) is 0 Å². The molecular weight excluding hydrogens is 348 g/mol. The molecule has 0 aliphatic carbocycles. The fourth-order valence-electron chi connectivity index (χ4n) is 4.07. The van der Waals surface area contributed by atoms with Crippen LogP contribution in [0.3, 0.4) is 0 Å². The van der Waals surface area contributed by atoms with E-state index in [-0.39, 0.29) is 18.2 Å². The van der Waals surface area contributed by atoms with Crippen molar-refractivity contribution in [3.05, 3.63) is 89.0 Å². The largest absolute Gasteiger partial charge is 0.490 e. The van der Waals surface area contributed by atoms with Crippen LogP contribution in [-0.4, -0.2) is 12.0 Å². The number of benzene rings is 3. The second-order valence-electron chi connectivity index (χ2n) is 7.60. The Morgan fingerprint density at radius 2 is 1.82 bits per heavy atom. The van der Waals surface area contributed by atoms with Gasteiger partial charge < -0.3 is 10.1 Å². The summed E-state index contributed by atoms with van der Waals surface area (Å²) in [5.74, 6) is 0.953. The molecule has 0 saturated carbocycles. The fourth-order valence-corrected chi connectivity index (χ4v) is 4.07. The maximum absolute atomic E-state index is 13.4. The van der Waals surface area contributed by atoms with Crippen molar-refractivity contribution in [3.63, 3.8) is 0 Å². The molecule has 0 spiro atoms. The van der Waals surface area contributed by atoms with E-state index in [9.17, 15) is 4.79 Å². The number of ether oxygens (including phenoxy) is 1. The lowest BCUT2D eigenvalue weighted by molar-refractivity contribution is 0.0975. The molecule has 28 heavy (non-hydrogen) atoms. The van der Waals surface area contributed by atoms with Crippen LogP contribution in [-0.2, 0) is 6.42 Å². The Bertz CT molecular complexity index is 1060. The lowest BCUT2D eigenvalue weighted by Crippen LogP contribution is -2.43. The van der Waals surface area contributed by atoms with Crippen molar-refractivity contribution in [2.45, 2.75) is 32.5 Å². The minimum Gasteiger partial charge on any atom is -0.490 e. The maximum Gasteiger partial charge on any atom is 0.262 e. The van der Waals surface area contributed by atoms with Gasteiger partial charge in [0.05, 0.1) is 5.56 Å². The number of hydrogen-bond acceptors (Lipinski definition) is 3.